The highest BCUT2D eigenvalue weighted by atomic mass is 35.5. The van der Waals surface area contributed by atoms with E-state index in [-0.39, 0.29) is 5.91 Å². The van der Waals surface area contributed by atoms with Crippen molar-refractivity contribution >= 4 is 29.1 Å². The number of rotatable bonds is 2. The third kappa shape index (κ3) is 2.81. The zero-order valence-corrected chi connectivity index (χ0v) is 12.0. The van der Waals surface area contributed by atoms with Crippen molar-refractivity contribution in [3.63, 3.8) is 0 Å². The van der Waals surface area contributed by atoms with Crippen LogP contribution in [0, 0.1) is 0 Å². The zero-order valence-electron chi connectivity index (χ0n) is 10.5. The van der Waals surface area contributed by atoms with Crippen LogP contribution in [-0.4, -0.2) is 23.4 Å². The van der Waals surface area contributed by atoms with Crippen molar-refractivity contribution < 1.29 is 4.79 Å². The SMILES string of the molecule is CCC1CCCCN1C(=O)c1ccc(Cl)cc1Cl. The highest BCUT2D eigenvalue weighted by molar-refractivity contribution is 6.36. The number of hydrogen-bond acceptors (Lipinski definition) is 1. The molecule has 0 spiro atoms. The number of benzene rings is 1. The third-order valence-electron chi connectivity index (χ3n) is 3.52. The van der Waals surface area contributed by atoms with Gasteiger partial charge in [0.15, 0.2) is 0 Å². The molecule has 98 valence electrons. The van der Waals surface area contributed by atoms with Crippen molar-refractivity contribution in [2.45, 2.75) is 38.6 Å². The van der Waals surface area contributed by atoms with E-state index in [1.807, 2.05) is 4.90 Å². The van der Waals surface area contributed by atoms with Crippen LogP contribution in [0.15, 0.2) is 18.2 Å². The van der Waals surface area contributed by atoms with Crippen molar-refractivity contribution in [2.24, 2.45) is 0 Å². The Kier molecular flexibility index (Phi) is 4.52. The van der Waals surface area contributed by atoms with E-state index >= 15 is 0 Å². The van der Waals surface area contributed by atoms with Crippen LogP contribution in [0.2, 0.25) is 10.0 Å². The number of carbonyl (C=O) groups excluding carboxylic acids is 1. The van der Waals surface area contributed by atoms with E-state index in [0.29, 0.717) is 21.7 Å². The zero-order chi connectivity index (χ0) is 13.1. The summed E-state index contributed by atoms with van der Waals surface area (Å²) in [5.41, 5.74) is 0.557. The monoisotopic (exact) mass is 285 g/mol. The molecule has 0 aliphatic carbocycles. The van der Waals surface area contributed by atoms with Crippen LogP contribution in [0.3, 0.4) is 0 Å². The summed E-state index contributed by atoms with van der Waals surface area (Å²) < 4.78 is 0. The van der Waals surface area contributed by atoms with Gasteiger partial charge >= 0.3 is 0 Å². The molecular formula is C14H17Cl2NO. The summed E-state index contributed by atoms with van der Waals surface area (Å²) >= 11 is 12.0. The number of hydrogen-bond donors (Lipinski definition) is 0. The maximum absolute atomic E-state index is 12.5. The van der Waals surface area contributed by atoms with E-state index in [1.165, 1.54) is 6.42 Å². The molecule has 1 heterocycles. The summed E-state index contributed by atoms with van der Waals surface area (Å²) in [6, 6.07) is 5.40. The molecule has 1 aliphatic rings. The first-order chi connectivity index (χ1) is 8.63. The van der Waals surface area contributed by atoms with E-state index in [2.05, 4.69) is 6.92 Å². The lowest BCUT2D eigenvalue weighted by molar-refractivity contribution is 0.0608. The van der Waals surface area contributed by atoms with Crippen LogP contribution in [0.5, 0.6) is 0 Å². The van der Waals surface area contributed by atoms with Gasteiger partial charge in [0.2, 0.25) is 0 Å². The predicted molar refractivity (Wildman–Crippen MR) is 75.4 cm³/mol. The predicted octanol–water partition coefficient (Wildman–Crippen LogP) is 4.40. The fourth-order valence-corrected chi connectivity index (χ4v) is 3.00. The van der Waals surface area contributed by atoms with Gasteiger partial charge in [0.25, 0.3) is 5.91 Å². The van der Waals surface area contributed by atoms with E-state index < -0.39 is 0 Å². The van der Waals surface area contributed by atoms with Gasteiger partial charge in [0.1, 0.15) is 0 Å². The average Bonchev–Trinajstić information content (AvgIpc) is 2.38. The topological polar surface area (TPSA) is 20.3 Å². The summed E-state index contributed by atoms with van der Waals surface area (Å²) in [5, 5.41) is 0.996. The van der Waals surface area contributed by atoms with Gasteiger partial charge in [-0.2, -0.15) is 0 Å². The van der Waals surface area contributed by atoms with Gasteiger partial charge in [-0.1, -0.05) is 30.1 Å². The molecular weight excluding hydrogens is 269 g/mol. The standard InChI is InChI=1S/C14H17Cl2NO/c1-2-11-5-3-4-8-17(11)14(18)12-7-6-10(15)9-13(12)16/h6-7,9,11H,2-5,8H2,1H3. The van der Waals surface area contributed by atoms with Crippen molar-refractivity contribution in [2.75, 3.05) is 6.54 Å². The van der Waals surface area contributed by atoms with Crippen LogP contribution in [0.1, 0.15) is 43.0 Å². The number of halogens is 2. The first kappa shape index (κ1) is 13.7. The van der Waals surface area contributed by atoms with Crippen molar-refractivity contribution in [1.29, 1.82) is 0 Å². The Morgan fingerprint density at radius 1 is 1.39 bits per heavy atom. The normalized spacial score (nSPS) is 19.9. The molecule has 1 aromatic carbocycles. The summed E-state index contributed by atoms with van der Waals surface area (Å²) in [6.45, 7) is 2.95. The van der Waals surface area contributed by atoms with Gasteiger partial charge in [-0.3, -0.25) is 4.79 Å². The highest BCUT2D eigenvalue weighted by Gasteiger charge is 2.27. The second-order valence-corrected chi connectivity index (χ2v) is 5.52. The van der Waals surface area contributed by atoms with Crippen LogP contribution < -0.4 is 0 Å². The molecule has 1 unspecified atom stereocenters. The number of likely N-dealkylation sites (tertiary alicyclic amines) is 1. The Morgan fingerprint density at radius 3 is 2.83 bits per heavy atom. The minimum Gasteiger partial charge on any atom is -0.336 e. The second-order valence-electron chi connectivity index (χ2n) is 4.68. The minimum atomic E-state index is 0.0308. The molecule has 2 nitrogen and oxygen atoms in total. The second kappa shape index (κ2) is 5.94. The highest BCUT2D eigenvalue weighted by Crippen LogP contribution is 2.26. The summed E-state index contributed by atoms with van der Waals surface area (Å²) in [4.78, 5) is 14.5. The molecule has 1 amide bonds. The van der Waals surface area contributed by atoms with Crippen LogP contribution >= 0.6 is 23.2 Å². The Balaban J connectivity index is 2.24. The van der Waals surface area contributed by atoms with Crippen molar-refractivity contribution in [1.82, 2.24) is 4.90 Å². The van der Waals surface area contributed by atoms with Crippen LogP contribution in [-0.2, 0) is 0 Å². The number of nitrogens with zero attached hydrogens (tertiary/aromatic N) is 1. The van der Waals surface area contributed by atoms with E-state index in [4.69, 9.17) is 23.2 Å². The molecule has 18 heavy (non-hydrogen) atoms. The van der Waals surface area contributed by atoms with Crippen molar-refractivity contribution in [3.05, 3.63) is 33.8 Å². The molecule has 1 fully saturated rings. The molecule has 4 heteroatoms. The first-order valence-corrected chi connectivity index (χ1v) is 7.15. The lowest BCUT2D eigenvalue weighted by Gasteiger charge is -2.35. The van der Waals surface area contributed by atoms with Gasteiger partial charge in [0.05, 0.1) is 10.6 Å². The van der Waals surface area contributed by atoms with Gasteiger partial charge in [-0.25, -0.2) is 0 Å². The lowest BCUT2D eigenvalue weighted by Crippen LogP contribution is -2.43. The Hall–Kier alpha value is -0.730. The maximum atomic E-state index is 12.5. The molecule has 1 aromatic rings. The molecule has 2 rings (SSSR count). The van der Waals surface area contributed by atoms with Crippen LogP contribution in [0.4, 0.5) is 0 Å². The minimum absolute atomic E-state index is 0.0308. The maximum Gasteiger partial charge on any atom is 0.255 e. The average molecular weight is 286 g/mol. The third-order valence-corrected chi connectivity index (χ3v) is 4.07. The number of amides is 1. The van der Waals surface area contributed by atoms with E-state index in [1.54, 1.807) is 18.2 Å². The Labute approximate surface area is 118 Å². The largest absolute Gasteiger partial charge is 0.336 e. The summed E-state index contributed by atoms with van der Waals surface area (Å²) in [6.07, 6.45) is 4.37. The number of carbonyl (C=O) groups is 1. The molecule has 1 aliphatic heterocycles. The molecule has 0 radical (unpaired) electrons. The van der Waals surface area contributed by atoms with Gasteiger partial charge in [-0.05, 0) is 43.9 Å². The molecule has 0 N–H and O–H groups in total. The fourth-order valence-electron chi connectivity index (χ4n) is 2.51. The smallest absolute Gasteiger partial charge is 0.255 e. The van der Waals surface area contributed by atoms with E-state index in [9.17, 15) is 4.79 Å². The van der Waals surface area contributed by atoms with E-state index in [0.717, 1.165) is 25.8 Å². The molecule has 0 bridgehead atoms. The fraction of sp³-hybridized carbons (Fsp3) is 0.500. The number of piperidine rings is 1. The van der Waals surface area contributed by atoms with Gasteiger partial charge in [-0.15, -0.1) is 0 Å². The van der Waals surface area contributed by atoms with Crippen LogP contribution in [0.25, 0.3) is 0 Å². The first-order valence-electron chi connectivity index (χ1n) is 6.39. The summed E-state index contributed by atoms with van der Waals surface area (Å²) in [5.74, 6) is 0.0308. The molecule has 1 atom stereocenters. The van der Waals surface area contributed by atoms with Gasteiger partial charge in [0, 0.05) is 17.6 Å². The molecule has 1 saturated heterocycles. The van der Waals surface area contributed by atoms with Gasteiger partial charge < -0.3 is 4.90 Å². The molecule has 0 aromatic heterocycles. The van der Waals surface area contributed by atoms with Crippen molar-refractivity contribution in [3.8, 4) is 0 Å². The molecule has 0 saturated carbocycles. The Morgan fingerprint density at radius 2 is 2.17 bits per heavy atom. The lowest BCUT2D eigenvalue weighted by atomic mass is 9.99. The quantitative estimate of drug-likeness (QED) is 0.789. The Bertz CT molecular complexity index is 447. The summed E-state index contributed by atoms with van der Waals surface area (Å²) in [7, 11) is 0.